The second kappa shape index (κ2) is 4.91. The Balaban J connectivity index is 3.11. The molecule has 0 amide bonds. The molecule has 3 heteroatoms. The monoisotopic (exact) mass is 209 g/mol. The van der Waals surface area contributed by atoms with E-state index in [0.717, 1.165) is 17.5 Å². The highest BCUT2D eigenvalue weighted by Gasteiger charge is 2.12. The smallest absolute Gasteiger partial charge is 0.123 e. The number of carbonyl (C=O) groups is 1. The molecule has 1 unspecified atom stereocenters. The van der Waals surface area contributed by atoms with E-state index in [1.165, 1.54) is 12.1 Å². The summed E-state index contributed by atoms with van der Waals surface area (Å²) in [7, 11) is 3.81. The quantitative estimate of drug-likeness (QED) is 0.710. The van der Waals surface area contributed by atoms with Crippen molar-refractivity contribution in [3.8, 4) is 0 Å². The number of anilines is 1. The third-order valence-corrected chi connectivity index (χ3v) is 2.45. The molecule has 0 N–H and O–H groups in total. The van der Waals surface area contributed by atoms with Gasteiger partial charge in [0.15, 0.2) is 0 Å². The molecule has 0 saturated carbocycles. The Kier molecular flexibility index (Phi) is 3.83. The second-order valence-corrected chi connectivity index (χ2v) is 3.90. The molecule has 82 valence electrons. The molecular formula is C12H16FNO. The molecule has 0 fully saturated rings. The molecule has 15 heavy (non-hydrogen) atoms. The molecular weight excluding hydrogens is 193 g/mol. The number of nitrogens with zero attached hydrogens (tertiary/aromatic N) is 1. The second-order valence-electron chi connectivity index (χ2n) is 3.90. The van der Waals surface area contributed by atoms with Gasteiger partial charge in [-0.1, -0.05) is 6.92 Å². The van der Waals surface area contributed by atoms with Crippen LogP contribution in [0.3, 0.4) is 0 Å². The van der Waals surface area contributed by atoms with E-state index in [9.17, 15) is 9.18 Å². The highest BCUT2D eigenvalue weighted by Crippen LogP contribution is 2.28. The fourth-order valence-electron chi connectivity index (χ4n) is 1.60. The third kappa shape index (κ3) is 2.78. The van der Waals surface area contributed by atoms with Crippen molar-refractivity contribution in [2.24, 2.45) is 0 Å². The van der Waals surface area contributed by atoms with Crippen LogP contribution in [0.1, 0.15) is 24.8 Å². The van der Waals surface area contributed by atoms with Gasteiger partial charge in [-0.25, -0.2) is 4.39 Å². The predicted octanol–water partition coefficient (Wildman–Crippen LogP) is 2.58. The number of hydrogen-bond donors (Lipinski definition) is 0. The molecule has 0 aliphatic rings. The maximum atomic E-state index is 13.1. The molecule has 0 aliphatic carbocycles. The Morgan fingerprint density at radius 3 is 2.67 bits per heavy atom. The summed E-state index contributed by atoms with van der Waals surface area (Å²) in [5.41, 5.74) is 1.85. The van der Waals surface area contributed by atoms with E-state index >= 15 is 0 Å². The van der Waals surface area contributed by atoms with E-state index in [0.29, 0.717) is 6.42 Å². The van der Waals surface area contributed by atoms with Crippen LogP contribution in [0.5, 0.6) is 0 Å². The first-order chi connectivity index (χ1) is 7.06. The van der Waals surface area contributed by atoms with Crippen LogP contribution in [0.2, 0.25) is 0 Å². The van der Waals surface area contributed by atoms with Crippen LogP contribution >= 0.6 is 0 Å². The Labute approximate surface area is 89.7 Å². The average Bonchev–Trinajstić information content (AvgIpc) is 2.17. The molecule has 1 atom stereocenters. The molecule has 0 bridgehead atoms. The molecule has 2 nitrogen and oxygen atoms in total. The lowest BCUT2D eigenvalue weighted by Gasteiger charge is -2.20. The first kappa shape index (κ1) is 11.7. The summed E-state index contributed by atoms with van der Waals surface area (Å²) in [6.07, 6.45) is 1.29. The van der Waals surface area contributed by atoms with Crippen molar-refractivity contribution in [3.05, 3.63) is 29.6 Å². The minimum absolute atomic E-state index is 0.0515. The van der Waals surface area contributed by atoms with Gasteiger partial charge in [-0.05, 0) is 29.7 Å². The first-order valence-corrected chi connectivity index (χ1v) is 4.96. The van der Waals surface area contributed by atoms with E-state index in [2.05, 4.69) is 0 Å². The number of carbonyl (C=O) groups excluding carboxylic acids is 1. The molecule has 1 aromatic carbocycles. The van der Waals surface area contributed by atoms with Crippen LogP contribution in [0.15, 0.2) is 18.2 Å². The van der Waals surface area contributed by atoms with Crippen molar-refractivity contribution in [1.29, 1.82) is 0 Å². The third-order valence-electron chi connectivity index (χ3n) is 2.45. The van der Waals surface area contributed by atoms with Crippen LogP contribution in [0.25, 0.3) is 0 Å². The van der Waals surface area contributed by atoms with Gasteiger partial charge in [-0.2, -0.15) is 0 Å². The topological polar surface area (TPSA) is 20.3 Å². The Hall–Kier alpha value is -1.38. The van der Waals surface area contributed by atoms with Gasteiger partial charge in [-0.15, -0.1) is 0 Å². The van der Waals surface area contributed by atoms with Gasteiger partial charge in [0.1, 0.15) is 12.1 Å². The minimum Gasteiger partial charge on any atom is -0.377 e. The van der Waals surface area contributed by atoms with Crippen molar-refractivity contribution >= 4 is 12.0 Å². The highest BCUT2D eigenvalue weighted by molar-refractivity contribution is 5.58. The fourth-order valence-corrected chi connectivity index (χ4v) is 1.60. The number of halogens is 1. The van der Waals surface area contributed by atoms with Crippen LogP contribution < -0.4 is 4.90 Å². The zero-order chi connectivity index (χ0) is 11.4. The van der Waals surface area contributed by atoms with Crippen molar-refractivity contribution in [3.63, 3.8) is 0 Å². The van der Waals surface area contributed by atoms with E-state index in [-0.39, 0.29) is 11.7 Å². The molecule has 1 aromatic rings. The summed E-state index contributed by atoms with van der Waals surface area (Å²) < 4.78 is 13.1. The van der Waals surface area contributed by atoms with Crippen LogP contribution in [-0.4, -0.2) is 20.4 Å². The van der Waals surface area contributed by atoms with Gasteiger partial charge in [0.2, 0.25) is 0 Å². The number of rotatable bonds is 4. The molecule has 0 aromatic heterocycles. The van der Waals surface area contributed by atoms with Crippen LogP contribution in [0, 0.1) is 5.82 Å². The SMILES string of the molecule is CC(CC=O)c1cc(F)ccc1N(C)C. The molecule has 0 radical (unpaired) electrons. The van der Waals surface area contributed by atoms with Crippen molar-refractivity contribution in [1.82, 2.24) is 0 Å². The standard InChI is InChI=1S/C12H16FNO/c1-9(6-7-15)11-8-10(13)4-5-12(11)14(2)3/h4-5,7-9H,6H2,1-3H3. The number of hydrogen-bond acceptors (Lipinski definition) is 2. The zero-order valence-electron chi connectivity index (χ0n) is 9.33. The van der Waals surface area contributed by atoms with Crippen molar-refractivity contribution in [2.75, 3.05) is 19.0 Å². The average molecular weight is 209 g/mol. The summed E-state index contributed by atoms with van der Waals surface area (Å²) >= 11 is 0. The Morgan fingerprint density at radius 2 is 2.13 bits per heavy atom. The summed E-state index contributed by atoms with van der Waals surface area (Å²) in [5.74, 6) is -0.205. The predicted molar refractivity (Wildman–Crippen MR) is 59.8 cm³/mol. The lowest BCUT2D eigenvalue weighted by molar-refractivity contribution is -0.108. The summed E-state index contributed by atoms with van der Waals surface area (Å²) in [6.45, 7) is 1.93. The lowest BCUT2D eigenvalue weighted by atomic mass is 9.96. The highest BCUT2D eigenvalue weighted by atomic mass is 19.1. The number of benzene rings is 1. The van der Waals surface area contributed by atoms with E-state index in [1.807, 2.05) is 25.9 Å². The van der Waals surface area contributed by atoms with Gasteiger partial charge in [0, 0.05) is 26.2 Å². The normalized spacial score (nSPS) is 12.3. The largest absolute Gasteiger partial charge is 0.377 e. The van der Waals surface area contributed by atoms with Crippen molar-refractivity contribution < 1.29 is 9.18 Å². The molecule has 1 rings (SSSR count). The summed E-state index contributed by atoms with van der Waals surface area (Å²) in [5, 5.41) is 0. The fraction of sp³-hybridized carbons (Fsp3) is 0.417. The van der Waals surface area contributed by atoms with E-state index in [4.69, 9.17) is 0 Å². The van der Waals surface area contributed by atoms with Gasteiger partial charge in [0.25, 0.3) is 0 Å². The molecule has 0 aliphatic heterocycles. The van der Waals surface area contributed by atoms with Crippen LogP contribution in [0.4, 0.5) is 10.1 Å². The molecule has 0 heterocycles. The van der Waals surface area contributed by atoms with Gasteiger partial charge in [0.05, 0.1) is 0 Å². The van der Waals surface area contributed by atoms with Gasteiger partial charge < -0.3 is 9.69 Å². The number of aldehydes is 1. The van der Waals surface area contributed by atoms with Crippen LogP contribution in [-0.2, 0) is 4.79 Å². The zero-order valence-corrected chi connectivity index (χ0v) is 9.33. The Morgan fingerprint density at radius 1 is 1.47 bits per heavy atom. The minimum atomic E-state index is -0.256. The Bertz CT molecular complexity index is 349. The van der Waals surface area contributed by atoms with Crippen molar-refractivity contribution in [2.45, 2.75) is 19.3 Å². The van der Waals surface area contributed by atoms with Gasteiger partial charge in [-0.3, -0.25) is 0 Å². The maximum absolute atomic E-state index is 13.1. The summed E-state index contributed by atoms with van der Waals surface area (Å²) in [6, 6.07) is 4.68. The molecule has 0 saturated heterocycles. The summed E-state index contributed by atoms with van der Waals surface area (Å²) in [4.78, 5) is 12.4. The van der Waals surface area contributed by atoms with Gasteiger partial charge >= 0.3 is 0 Å². The lowest BCUT2D eigenvalue weighted by Crippen LogP contribution is -2.13. The van der Waals surface area contributed by atoms with E-state index in [1.54, 1.807) is 6.07 Å². The van der Waals surface area contributed by atoms with E-state index < -0.39 is 0 Å². The molecule has 0 spiro atoms. The first-order valence-electron chi connectivity index (χ1n) is 4.96. The maximum Gasteiger partial charge on any atom is 0.123 e.